The molecule has 1 aliphatic heterocycles. The Balaban J connectivity index is 1.86. The van der Waals surface area contributed by atoms with Gasteiger partial charge in [0.1, 0.15) is 17.4 Å². The molecule has 30 heavy (non-hydrogen) atoms. The molecule has 8 nitrogen and oxygen atoms in total. The van der Waals surface area contributed by atoms with E-state index in [2.05, 4.69) is 25.4 Å². The molecule has 0 spiro atoms. The number of fused-ring (bicyclic) bond motifs is 1. The molecule has 0 bridgehead atoms. The summed E-state index contributed by atoms with van der Waals surface area (Å²) in [6.07, 6.45) is 5.49. The van der Waals surface area contributed by atoms with Crippen molar-refractivity contribution in [2.45, 2.75) is 25.8 Å². The highest BCUT2D eigenvalue weighted by Crippen LogP contribution is 2.30. The lowest BCUT2D eigenvalue weighted by Crippen LogP contribution is -2.85. The molecule has 0 saturated carbocycles. The molecule has 0 fully saturated rings. The number of nitrogens with zero attached hydrogens (tertiary/aromatic N) is 3. The summed E-state index contributed by atoms with van der Waals surface area (Å²) in [5.41, 5.74) is 12.4. The smallest absolute Gasteiger partial charge is 0.309 e. The van der Waals surface area contributed by atoms with Gasteiger partial charge < -0.3 is 10.5 Å². The number of anilines is 1. The first-order valence-electron chi connectivity index (χ1n) is 9.45. The van der Waals surface area contributed by atoms with Crippen molar-refractivity contribution in [3.05, 3.63) is 70.5 Å². The van der Waals surface area contributed by atoms with E-state index in [-0.39, 0.29) is 17.8 Å². The molecule has 2 aromatic rings. The molecule has 1 atom stereocenters. The topological polar surface area (TPSA) is 120 Å². The maximum absolute atomic E-state index is 14.1. The molecule has 5 N–H and O–H groups in total. The van der Waals surface area contributed by atoms with Crippen molar-refractivity contribution in [1.29, 1.82) is 0 Å². The SMILES string of the molecule is COc1cccc(C2=C([C@H]3Cc4nc(N)nc(C)c4C(NO)=[NH+]3)C=CC(F)=CC2)n1. The number of nitrogens with two attached hydrogens (primary N) is 1. The Kier molecular flexibility index (Phi) is 5.28. The van der Waals surface area contributed by atoms with Crippen LogP contribution in [0.1, 0.15) is 29.1 Å². The van der Waals surface area contributed by atoms with Gasteiger partial charge in [-0.05, 0) is 37.1 Å². The number of hydrogen-bond acceptors (Lipinski definition) is 7. The number of ether oxygens (including phenoxy) is 1. The van der Waals surface area contributed by atoms with Crippen molar-refractivity contribution in [1.82, 2.24) is 20.4 Å². The third-order valence-corrected chi connectivity index (χ3v) is 5.15. The Bertz CT molecular complexity index is 1120. The molecule has 0 amide bonds. The summed E-state index contributed by atoms with van der Waals surface area (Å²) in [6.45, 7) is 1.80. The van der Waals surface area contributed by atoms with Crippen LogP contribution in [-0.2, 0) is 6.42 Å². The first-order chi connectivity index (χ1) is 14.5. The summed E-state index contributed by atoms with van der Waals surface area (Å²) in [5.74, 6) is 0.681. The molecule has 0 saturated heterocycles. The Labute approximate surface area is 172 Å². The lowest BCUT2D eigenvalue weighted by molar-refractivity contribution is -0.496. The minimum atomic E-state index is -0.325. The van der Waals surface area contributed by atoms with Gasteiger partial charge in [-0.25, -0.2) is 24.5 Å². The van der Waals surface area contributed by atoms with Crippen LogP contribution < -0.4 is 20.9 Å². The molecule has 2 aromatic heterocycles. The van der Waals surface area contributed by atoms with Crippen LogP contribution in [0.25, 0.3) is 5.57 Å². The highest BCUT2D eigenvalue weighted by molar-refractivity contribution is 5.96. The Morgan fingerprint density at radius 1 is 1.27 bits per heavy atom. The average molecular weight is 409 g/mol. The molecule has 0 aromatic carbocycles. The highest BCUT2D eigenvalue weighted by Gasteiger charge is 2.32. The first-order valence-corrected chi connectivity index (χ1v) is 9.45. The van der Waals surface area contributed by atoms with Gasteiger partial charge >= 0.3 is 5.84 Å². The summed E-state index contributed by atoms with van der Waals surface area (Å²) < 4.78 is 19.3. The first kappa shape index (κ1) is 19.7. The van der Waals surface area contributed by atoms with Crippen molar-refractivity contribution in [3.8, 4) is 5.88 Å². The predicted molar refractivity (Wildman–Crippen MR) is 109 cm³/mol. The third kappa shape index (κ3) is 3.67. The summed E-state index contributed by atoms with van der Waals surface area (Å²) in [5, 5.41) is 9.73. The van der Waals surface area contributed by atoms with E-state index < -0.39 is 0 Å². The van der Waals surface area contributed by atoms with Gasteiger partial charge in [0.05, 0.1) is 24.2 Å². The van der Waals surface area contributed by atoms with Crippen molar-refractivity contribution in [2.24, 2.45) is 0 Å². The van der Waals surface area contributed by atoms with Crippen LogP contribution in [-0.4, -0.2) is 39.1 Å². The summed E-state index contributed by atoms with van der Waals surface area (Å²) >= 11 is 0. The van der Waals surface area contributed by atoms with E-state index in [0.717, 1.165) is 11.1 Å². The van der Waals surface area contributed by atoms with Crippen LogP contribution in [0.4, 0.5) is 10.3 Å². The lowest BCUT2D eigenvalue weighted by atomic mass is 9.90. The summed E-state index contributed by atoms with van der Waals surface area (Å²) in [7, 11) is 1.55. The number of amidine groups is 1. The fourth-order valence-corrected chi connectivity index (χ4v) is 3.83. The number of pyridine rings is 1. The highest BCUT2D eigenvalue weighted by atomic mass is 19.1. The number of rotatable bonds is 3. The zero-order valence-electron chi connectivity index (χ0n) is 16.6. The number of methoxy groups -OCH3 is 1. The number of hydroxylamine groups is 1. The van der Waals surface area contributed by atoms with E-state index in [4.69, 9.17) is 10.5 Å². The zero-order chi connectivity index (χ0) is 21.3. The van der Waals surface area contributed by atoms with Crippen LogP contribution in [0.2, 0.25) is 0 Å². The van der Waals surface area contributed by atoms with Crippen LogP contribution in [0.5, 0.6) is 5.88 Å². The summed E-state index contributed by atoms with van der Waals surface area (Å²) in [6, 6.07) is 5.15. The minimum Gasteiger partial charge on any atom is -0.481 e. The predicted octanol–water partition coefficient (Wildman–Crippen LogP) is 0.769. The van der Waals surface area contributed by atoms with E-state index in [1.165, 1.54) is 12.2 Å². The van der Waals surface area contributed by atoms with Gasteiger partial charge in [0.15, 0.2) is 0 Å². The molecule has 3 heterocycles. The second-order valence-electron chi connectivity index (χ2n) is 7.00. The van der Waals surface area contributed by atoms with Gasteiger partial charge in [-0.15, -0.1) is 5.48 Å². The molecular formula is C21H22FN6O2+. The average Bonchev–Trinajstić information content (AvgIpc) is 2.94. The third-order valence-electron chi connectivity index (χ3n) is 5.15. The maximum atomic E-state index is 14.1. The number of aromatic nitrogens is 3. The lowest BCUT2D eigenvalue weighted by Gasteiger charge is -2.22. The monoisotopic (exact) mass is 409 g/mol. The molecule has 1 aliphatic carbocycles. The number of nitrogens with one attached hydrogen (secondary N) is 2. The van der Waals surface area contributed by atoms with E-state index in [0.29, 0.717) is 47.2 Å². The largest absolute Gasteiger partial charge is 0.481 e. The normalized spacial score (nSPS) is 18.3. The minimum absolute atomic E-state index is 0.164. The molecule has 4 rings (SSSR count). The molecule has 0 unspecified atom stereocenters. The van der Waals surface area contributed by atoms with Crippen LogP contribution in [0, 0.1) is 6.92 Å². The van der Waals surface area contributed by atoms with Crippen molar-refractivity contribution in [2.75, 3.05) is 12.8 Å². The second kappa shape index (κ2) is 8.03. The quantitative estimate of drug-likeness (QED) is 0.553. The van der Waals surface area contributed by atoms with Gasteiger partial charge in [0, 0.05) is 18.1 Å². The van der Waals surface area contributed by atoms with E-state index >= 15 is 0 Å². The number of nitrogen functional groups attached to an aromatic ring is 1. The Morgan fingerprint density at radius 2 is 2.10 bits per heavy atom. The van der Waals surface area contributed by atoms with Gasteiger partial charge in [-0.2, -0.15) is 0 Å². The standard InChI is InChI=1S/C21H21FN6O2/c1-11-19-17(27-21(23)24-11)10-16(26-20(19)28-29)14-9-7-12(22)6-8-13(14)15-4-3-5-18(25-15)30-2/h3-7,9,16,29H,8,10H2,1-2H3,(H,26,28)(H2,23,24,27)/p+1/t16-/m1/s1. The second-order valence-corrected chi connectivity index (χ2v) is 7.00. The van der Waals surface area contributed by atoms with Crippen molar-refractivity contribution in [3.63, 3.8) is 0 Å². The van der Waals surface area contributed by atoms with E-state index in [1.54, 1.807) is 26.2 Å². The summed E-state index contributed by atoms with van der Waals surface area (Å²) in [4.78, 5) is 16.4. The Morgan fingerprint density at radius 3 is 2.87 bits per heavy atom. The van der Waals surface area contributed by atoms with Gasteiger partial charge in [0.2, 0.25) is 11.8 Å². The maximum Gasteiger partial charge on any atom is 0.309 e. The van der Waals surface area contributed by atoms with Gasteiger partial charge in [-0.3, -0.25) is 4.99 Å². The van der Waals surface area contributed by atoms with Gasteiger partial charge in [-0.1, -0.05) is 12.1 Å². The van der Waals surface area contributed by atoms with Crippen molar-refractivity contribution < 1.29 is 19.3 Å². The molecular weight excluding hydrogens is 387 g/mol. The van der Waals surface area contributed by atoms with E-state index in [1.807, 2.05) is 12.1 Å². The number of allylic oxidation sites excluding steroid dienone is 4. The molecule has 2 aliphatic rings. The van der Waals surface area contributed by atoms with Crippen LogP contribution in [0.15, 0.2) is 47.8 Å². The van der Waals surface area contributed by atoms with E-state index in [9.17, 15) is 9.60 Å². The van der Waals surface area contributed by atoms with Gasteiger partial charge in [0.25, 0.3) is 0 Å². The van der Waals surface area contributed by atoms with Crippen molar-refractivity contribution >= 4 is 17.4 Å². The zero-order valence-corrected chi connectivity index (χ0v) is 16.6. The molecule has 9 heteroatoms. The fraction of sp³-hybridized carbons (Fsp3) is 0.238. The molecule has 0 radical (unpaired) electrons. The fourth-order valence-electron chi connectivity index (χ4n) is 3.83. The number of halogens is 1. The number of hydrogen-bond donors (Lipinski definition) is 4. The molecule has 154 valence electrons. The van der Waals surface area contributed by atoms with Crippen LogP contribution in [0.3, 0.4) is 0 Å². The Hall–Kier alpha value is -3.59. The van der Waals surface area contributed by atoms with Crippen LogP contribution >= 0.6 is 0 Å². The number of aryl methyl sites for hydroxylation is 1.